The molecule has 1 amide bonds. The minimum Gasteiger partial charge on any atom is -0.497 e. The van der Waals surface area contributed by atoms with Gasteiger partial charge in [0.1, 0.15) is 11.9 Å². The second kappa shape index (κ2) is 6.26. The van der Waals surface area contributed by atoms with Crippen LogP contribution in [-0.4, -0.2) is 45.0 Å². The third-order valence-electron chi connectivity index (χ3n) is 4.55. The molecule has 22 heavy (non-hydrogen) atoms. The first-order valence-electron chi connectivity index (χ1n) is 7.84. The molecule has 3 rings (SSSR count). The zero-order valence-electron chi connectivity index (χ0n) is 13.1. The number of ether oxygens (including phenoxy) is 3. The molecule has 1 saturated heterocycles. The Morgan fingerprint density at radius 3 is 2.64 bits per heavy atom. The first-order chi connectivity index (χ1) is 10.7. The number of hydrogen-bond acceptors (Lipinski definition) is 4. The van der Waals surface area contributed by atoms with Gasteiger partial charge in [-0.05, 0) is 37.5 Å². The van der Waals surface area contributed by atoms with Gasteiger partial charge in [-0.1, -0.05) is 12.1 Å². The maximum Gasteiger partial charge on any atom is 0.231 e. The van der Waals surface area contributed by atoms with E-state index >= 15 is 0 Å². The number of carbonyl (C=O) groups excluding carboxylic acids is 1. The largest absolute Gasteiger partial charge is 0.497 e. The lowest BCUT2D eigenvalue weighted by molar-refractivity contribution is -0.125. The highest BCUT2D eigenvalue weighted by Gasteiger charge is 2.52. The molecule has 2 aliphatic rings. The molecule has 2 atom stereocenters. The fourth-order valence-electron chi connectivity index (χ4n) is 3.04. The molecule has 0 spiro atoms. The van der Waals surface area contributed by atoms with Gasteiger partial charge in [-0.25, -0.2) is 0 Å². The number of amides is 1. The van der Waals surface area contributed by atoms with Crippen molar-refractivity contribution in [3.63, 3.8) is 0 Å². The van der Waals surface area contributed by atoms with Crippen LogP contribution in [0.25, 0.3) is 0 Å². The van der Waals surface area contributed by atoms with Crippen LogP contribution >= 0.6 is 0 Å². The van der Waals surface area contributed by atoms with Gasteiger partial charge in [-0.3, -0.25) is 4.79 Å². The predicted octanol–water partition coefficient (Wildman–Crippen LogP) is 1.65. The standard InChI is InChI=1S/C17H23NO4/c1-3-22-15-11-21-10-14(15)18-16(19)17(8-9-17)12-4-6-13(20-2)7-5-12/h4-7,14-15H,3,8-11H2,1-2H3,(H,18,19)/t14-,15-/m1/s1. The van der Waals surface area contributed by atoms with Crippen molar-refractivity contribution in [2.45, 2.75) is 37.3 Å². The zero-order valence-corrected chi connectivity index (χ0v) is 13.1. The smallest absolute Gasteiger partial charge is 0.231 e. The molecule has 2 fully saturated rings. The molecular weight excluding hydrogens is 282 g/mol. The lowest BCUT2D eigenvalue weighted by Gasteiger charge is -2.23. The third kappa shape index (κ3) is 2.83. The van der Waals surface area contributed by atoms with Crippen LogP contribution < -0.4 is 10.1 Å². The lowest BCUT2D eigenvalue weighted by atomic mass is 9.94. The fraction of sp³-hybridized carbons (Fsp3) is 0.588. The number of methoxy groups -OCH3 is 1. The van der Waals surface area contributed by atoms with Gasteiger partial charge in [-0.15, -0.1) is 0 Å². The van der Waals surface area contributed by atoms with Gasteiger partial charge in [0.2, 0.25) is 5.91 Å². The number of benzene rings is 1. The van der Waals surface area contributed by atoms with Crippen molar-refractivity contribution in [2.75, 3.05) is 26.9 Å². The van der Waals surface area contributed by atoms with Crippen molar-refractivity contribution in [1.82, 2.24) is 5.32 Å². The molecular formula is C17H23NO4. The molecule has 1 saturated carbocycles. The SMILES string of the molecule is CCO[C@@H]1COC[C@H]1NC(=O)C1(c2ccc(OC)cc2)CC1. The van der Waals surface area contributed by atoms with Crippen molar-refractivity contribution < 1.29 is 19.0 Å². The summed E-state index contributed by atoms with van der Waals surface area (Å²) >= 11 is 0. The minimum absolute atomic E-state index is 0.0411. The lowest BCUT2D eigenvalue weighted by Crippen LogP contribution is -2.47. The fourth-order valence-corrected chi connectivity index (χ4v) is 3.04. The van der Waals surface area contributed by atoms with E-state index in [9.17, 15) is 4.79 Å². The molecule has 5 nitrogen and oxygen atoms in total. The summed E-state index contributed by atoms with van der Waals surface area (Å²) in [7, 11) is 1.64. The summed E-state index contributed by atoms with van der Waals surface area (Å²) in [4.78, 5) is 12.7. The number of rotatable bonds is 6. The second-order valence-electron chi connectivity index (χ2n) is 5.92. The van der Waals surface area contributed by atoms with Crippen LogP contribution in [0.3, 0.4) is 0 Å². The van der Waals surface area contributed by atoms with E-state index in [1.54, 1.807) is 7.11 Å². The Bertz CT molecular complexity index is 524. The molecule has 1 aliphatic heterocycles. The van der Waals surface area contributed by atoms with Crippen LogP contribution in [0.2, 0.25) is 0 Å². The molecule has 5 heteroatoms. The Labute approximate surface area is 130 Å². The highest BCUT2D eigenvalue weighted by molar-refractivity contribution is 5.91. The Morgan fingerprint density at radius 2 is 2.05 bits per heavy atom. The molecule has 1 N–H and O–H groups in total. The number of carbonyl (C=O) groups is 1. The Balaban J connectivity index is 1.68. The molecule has 1 aromatic carbocycles. The second-order valence-corrected chi connectivity index (χ2v) is 5.92. The molecule has 0 radical (unpaired) electrons. The average molecular weight is 305 g/mol. The van der Waals surface area contributed by atoms with E-state index in [2.05, 4.69) is 5.32 Å². The van der Waals surface area contributed by atoms with Crippen LogP contribution in [0.5, 0.6) is 5.75 Å². The first kappa shape index (κ1) is 15.3. The summed E-state index contributed by atoms with van der Waals surface area (Å²) < 4.78 is 16.2. The molecule has 1 aliphatic carbocycles. The van der Waals surface area contributed by atoms with Crippen LogP contribution in [0, 0.1) is 0 Å². The summed E-state index contributed by atoms with van der Waals surface area (Å²) in [5.41, 5.74) is 0.670. The van der Waals surface area contributed by atoms with Crippen molar-refractivity contribution in [1.29, 1.82) is 0 Å². The maximum absolute atomic E-state index is 12.7. The Morgan fingerprint density at radius 1 is 1.32 bits per heavy atom. The summed E-state index contributed by atoms with van der Waals surface area (Å²) in [6, 6.07) is 7.73. The third-order valence-corrected chi connectivity index (χ3v) is 4.55. The predicted molar refractivity (Wildman–Crippen MR) is 82.1 cm³/mol. The van der Waals surface area contributed by atoms with E-state index in [4.69, 9.17) is 14.2 Å². The molecule has 0 aromatic heterocycles. The van der Waals surface area contributed by atoms with Gasteiger partial charge < -0.3 is 19.5 Å². The summed E-state index contributed by atoms with van der Waals surface area (Å²) in [6.45, 7) is 3.66. The highest BCUT2D eigenvalue weighted by Crippen LogP contribution is 2.48. The van der Waals surface area contributed by atoms with E-state index in [0.29, 0.717) is 19.8 Å². The van der Waals surface area contributed by atoms with Crippen molar-refractivity contribution in [3.8, 4) is 5.75 Å². The van der Waals surface area contributed by atoms with Gasteiger partial charge in [0.05, 0.1) is 31.8 Å². The quantitative estimate of drug-likeness (QED) is 0.868. The summed E-state index contributed by atoms with van der Waals surface area (Å²) in [5.74, 6) is 0.887. The Hall–Kier alpha value is -1.59. The maximum atomic E-state index is 12.7. The van der Waals surface area contributed by atoms with Crippen LogP contribution in [0.1, 0.15) is 25.3 Å². The van der Waals surface area contributed by atoms with Gasteiger partial charge >= 0.3 is 0 Å². The monoisotopic (exact) mass is 305 g/mol. The van der Waals surface area contributed by atoms with Gasteiger partial charge in [0, 0.05) is 6.61 Å². The minimum atomic E-state index is -0.383. The van der Waals surface area contributed by atoms with E-state index in [1.807, 2.05) is 31.2 Å². The van der Waals surface area contributed by atoms with Crippen molar-refractivity contribution in [3.05, 3.63) is 29.8 Å². The van der Waals surface area contributed by atoms with E-state index < -0.39 is 0 Å². The molecule has 1 aromatic rings. The van der Waals surface area contributed by atoms with Crippen LogP contribution in [0.15, 0.2) is 24.3 Å². The van der Waals surface area contributed by atoms with Crippen LogP contribution in [-0.2, 0) is 19.7 Å². The summed E-state index contributed by atoms with van der Waals surface area (Å²) in [5, 5.41) is 3.12. The average Bonchev–Trinajstić information content (AvgIpc) is 3.25. The number of nitrogens with one attached hydrogen (secondary N) is 1. The molecule has 0 unspecified atom stereocenters. The van der Waals surface area contributed by atoms with Crippen molar-refractivity contribution in [2.24, 2.45) is 0 Å². The van der Waals surface area contributed by atoms with Crippen LogP contribution in [0.4, 0.5) is 0 Å². The van der Waals surface area contributed by atoms with E-state index in [-0.39, 0.29) is 23.5 Å². The normalized spacial score (nSPS) is 25.7. The van der Waals surface area contributed by atoms with E-state index in [1.165, 1.54) is 0 Å². The van der Waals surface area contributed by atoms with E-state index in [0.717, 1.165) is 24.2 Å². The first-order valence-corrected chi connectivity index (χ1v) is 7.84. The number of hydrogen-bond donors (Lipinski definition) is 1. The van der Waals surface area contributed by atoms with Crippen molar-refractivity contribution >= 4 is 5.91 Å². The van der Waals surface area contributed by atoms with Gasteiger partial charge in [-0.2, -0.15) is 0 Å². The van der Waals surface area contributed by atoms with Gasteiger partial charge in [0.25, 0.3) is 0 Å². The van der Waals surface area contributed by atoms with Gasteiger partial charge in [0.15, 0.2) is 0 Å². The molecule has 1 heterocycles. The topological polar surface area (TPSA) is 56.8 Å². The Kier molecular flexibility index (Phi) is 4.36. The highest BCUT2D eigenvalue weighted by atomic mass is 16.5. The molecule has 0 bridgehead atoms. The molecule has 120 valence electrons. The zero-order chi connectivity index (χ0) is 15.6. The summed E-state index contributed by atoms with van der Waals surface area (Å²) in [6.07, 6.45) is 1.73.